The Labute approximate surface area is 575 Å². The van der Waals surface area contributed by atoms with Crippen molar-refractivity contribution in [3.8, 4) is 0 Å². The number of hydrogen-bond donors (Lipinski definition) is 4. The van der Waals surface area contributed by atoms with Crippen LogP contribution < -0.4 is 20.4 Å². The van der Waals surface area contributed by atoms with Gasteiger partial charge in [-0.15, -0.1) is 22.7 Å². The summed E-state index contributed by atoms with van der Waals surface area (Å²) in [5, 5.41) is 30.3. The summed E-state index contributed by atoms with van der Waals surface area (Å²) in [5.41, 5.74) is 5.74. The largest absolute Gasteiger partial charge is 0.481 e. The van der Waals surface area contributed by atoms with Gasteiger partial charge in [-0.3, -0.25) is 39.2 Å². The molecule has 6 aromatic rings. The molecule has 0 saturated carbocycles. The van der Waals surface area contributed by atoms with Gasteiger partial charge in [0.05, 0.1) is 67.8 Å². The fourth-order valence-electron chi connectivity index (χ4n) is 12.9. The molecule has 6 aliphatic heterocycles. The number of nitrogens with zero attached hydrogens (tertiary/aromatic N) is 10. The van der Waals surface area contributed by atoms with Crippen molar-refractivity contribution >= 4 is 116 Å². The van der Waals surface area contributed by atoms with Gasteiger partial charge in [0, 0.05) is 147 Å². The molecule has 6 aliphatic rings. The van der Waals surface area contributed by atoms with Crippen LogP contribution in [-0.4, -0.2) is 206 Å². The Morgan fingerprint density at radius 1 is 0.615 bits per heavy atom. The lowest BCUT2D eigenvalue weighted by Crippen LogP contribution is -2.61. The second kappa shape index (κ2) is 30.8. The number of carboxylic acids is 2. The molecule has 96 heavy (non-hydrogen) atoms. The molecule has 0 aliphatic carbocycles. The molecule has 0 unspecified atom stereocenters. The van der Waals surface area contributed by atoms with Crippen LogP contribution in [-0.2, 0) is 51.0 Å². The molecule has 2 aromatic heterocycles. The van der Waals surface area contributed by atoms with Gasteiger partial charge in [0.15, 0.2) is 21.7 Å². The topological polar surface area (TPSA) is 274 Å². The number of carboxylic acid groups (broad SMARTS) is 2. The fourth-order valence-corrected chi connectivity index (χ4v) is 14.8. The van der Waals surface area contributed by atoms with Gasteiger partial charge in [-0.2, -0.15) is 0 Å². The highest BCUT2D eigenvalue weighted by Crippen LogP contribution is 2.41. The lowest BCUT2D eigenvalue weighted by molar-refractivity contribution is -0.138. The van der Waals surface area contributed by atoms with Crippen LogP contribution >= 0.6 is 57.5 Å². The Morgan fingerprint density at radius 3 is 1.48 bits per heavy atom. The number of carbonyl (C=O) groups excluding carboxylic acids is 4. The van der Waals surface area contributed by atoms with E-state index in [1.807, 2.05) is 69.1 Å². The molecule has 4 amide bonds. The maximum atomic E-state index is 14.7. The number of benzene rings is 4. The quantitative estimate of drug-likeness (QED) is 0.0462. The number of methoxy groups -OCH3 is 4. The molecule has 30 heteroatoms. The molecular weight excluding hydrogens is 1340 g/mol. The van der Waals surface area contributed by atoms with Crippen LogP contribution in [0.2, 0.25) is 15.1 Å². The number of halogens is 4. The van der Waals surface area contributed by atoms with Crippen LogP contribution in [0.4, 0.5) is 25.4 Å². The van der Waals surface area contributed by atoms with Crippen molar-refractivity contribution in [3.63, 3.8) is 0 Å². The summed E-state index contributed by atoms with van der Waals surface area (Å²) in [7, 11) is 5.85. The molecule has 0 bridgehead atoms. The van der Waals surface area contributed by atoms with E-state index in [-0.39, 0.29) is 66.2 Å². The molecule has 4 saturated heterocycles. The zero-order valence-electron chi connectivity index (χ0n) is 52.5. The number of urea groups is 2. The first-order valence-corrected chi connectivity index (χ1v) is 33.5. The Balaban J connectivity index is 0.000000195. The second-order valence-corrected chi connectivity index (χ2v) is 26.2. The van der Waals surface area contributed by atoms with Crippen molar-refractivity contribution in [2.75, 3.05) is 104 Å². The Morgan fingerprint density at radius 2 is 1.07 bits per heavy atom. The number of aliphatic imine (C=N–C) groups is 2. The molecule has 6 atom stereocenters. The first-order valence-electron chi connectivity index (χ1n) is 30.6. The summed E-state index contributed by atoms with van der Waals surface area (Å²) in [4.78, 5) is 106. The molecule has 0 radical (unpaired) electrons. The molecule has 504 valence electrons. The minimum atomic E-state index is -0.972. The number of rotatable bonds is 22. The van der Waals surface area contributed by atoms with Crippen LogP contribution in [0.3, 0.4) is 0 Å². The smallest absolute Gasteiger partial charge is 0.338 e. The van der Waals surface area contributed by atoms with Gasteiger partial charge >= 0.3 is 35.9 Å². The molecule has 24 nitrogen and oxygen atoms in total. The van der Waals surface area contributed by atoms with Crippen molar-refractivity contribution in [2.24, 2.45) is 9.98 Å². The monoisotopic (exact) mass is 1410 g/mol. The van der Waals surface area contributed by atoms with Crippen LogP contribution in [0, 0.1) is 5.82 Å². The molecular formula is C66H68Cl3FN12O12S2. The zero-order chi connectivity index (χ0) is 67.9. The van der Waals surface area contributed by atoms with Gasteiger partial charge in [0.25, 0.3) is 0 Å². The number of carbonyl (C=O) groups is 6. The standard InChI is InChI=1S/C33H34Cl2N6O6S.C33H34ClFN6O6S/c1-46-18-26-25-17-41(21-7-3-19(4-8-21)5-10-27(42)43)33(45)40(25)13-12-39(26)16-24-28(32(44)47-2)29(22-9-6-20(34)15-23(22)35)38-30(37-24)31-36-11-14-48-31;1-46-18-25-24-17-41(20-9-6-19(7-10-20)8-11-26(42)43)33(45)40(24)14-13-39(25)16-23-27(32(44)47-2)29(21-4-3-5-22(35)28(21)34)38-30(37-23)31-36-12-15-48-31/h3-4,6-9,11,14-15,25-26,29H,5,10,12-13,16-18H2,1-2H3,(H,37,38)(H,42,43);3-7,9-10,12,15,24-25,29H,8,11,13-14,16-18H2,1-2H3,(H,37,38)(H,42,43)/t25-,26-,29+;24-,25-,29+/m11/s1. The number of fused-ring (bicyclic) bond motifs is 2. The highest BCUT2D eigenvalue weighted by molar-refractivity contribution is 7.12. The van der Waals surface area contributed by atoms with Gasteiger partial charge in [-0.1, -0.05) is 77.3 Å². The number of aliphatic carboxylic acids is 2. The number of esters is 2. The van der Waals surface area contributed by atoms with E-state index < -0.39 is 41.8 Å². The second-order valence-electron chi connectivity index (χ2n) is 23.2. The number of amides is 4. The maximum Gasteiger partial charge on any atom is 0.338 e. The van der Waals surface area contributed by atoms with Crippen molar-refractivity contribution < 1.29 is 62.3 Å². The maximum absolute atomic E-state index is 14.7. The average molecular weight is 1410 g/mol. The summed E-state index contributed by atoms with van der Waals surface area (Å²) in [6.45, 7) is 3.94. The van der Waals surface area contributed by atoms with Crippen molar-refractivity contribution in [3.05, 3.63) is 184 Å². The number of amidine groups is 2. The van der Waals surface area contributed by atoms with Crippen molar-refractivity contribution in [2.45, 2.75) is 61.9 Å². The molecule has 12 rings (SSSR count). The number of aromatic nitrogens is 2. The van der Waals surface area contributed by atoms with E-state index in [0.717, 1.165) is 22.5 Å². The summed E-state index contributed by atoms with van der Waals surface area (Å²) >= 11 is 22.1. The van der Waals surface area contributed by atoms with Gasteiger partial charge < -0.3 is 49.6 Å². The third kappa shape index (κ3) is 14.9. The highest BCUT2D eigenvalue weighted by Gasteiger charge is 2.50. The van der Waals surface area contributed by atoms with Crippen LogP contribution in [0.5, 0.6) is 0 Å². The first-order chi connectivity index (χ1) is 46.4. The van der Waals surface area contributed by atoms with E-state index in [0.29, 0.717) is 132 Å². The van der Waals surface area contributed by atoms with Gasteiger partial charge in [0.1, 0.15) is 17.9 Å². The van der Waals surface area contributed by atoms with Gasteiger partial charge in [0.2, 0.25) is 0 Å². The summed E-state index contributed by atoms with van der Waals surface area (Å²) < 4.78 is 36.6. The SMILES string of the molecule is COC[C@@H]1[C@H]2CN(c3ccc(CCC(=O)O)cc3)C(=O)N2CCN1CC1=C(C(=O)OC)[C@H](c2ccc(Cl)cc2Cl)N=C(c2nccs2)N1.COC[C@@H]1[C@H]2CN(c3ccc(CCC(=O)O)cc3)C(=O)N2CCN1CC1=C(C(=O)OC)[C@H](c2cccc(F)c2Cl)N=C(c2nccs2)N1. The Bertz CT molecular complexity index is 4020. The minimum Gasteiger partial charge on any atom is -0.481 e. The van der Waals surface area contributed by atoms with E-state index in [4.69, 9.17) is 73.9 Å². The zero-order valence-corrected chi connectivity index (χ0v) is 56.4. The van der Waals surface area contributed by atoms with E-state index >= 15 is 0 Å². The molecule has 8 heterocycles. The number of anilines is 2. The lowest BCUT2D eigenvalue weighted by Gasteiger charge is -2.44. The number of nitrogens with one attached hydrogen (secondary N) is 2. The third-order valence-corrected chi connectivity index (χ3v) is 20.1. The predicted molar refractivity (Wildman–Crippen MR) is 361 cm³/mol. The van der Waals surface area contributed by atoms with E-state index in [1.54, 1.807) is 60.7 Å². The van der Waals surface area contributed by atoms with E-state index in [1.165, 1.54) is 49.0 Å². The highest BCUT2D eigenvalue weighted by atomic mass is 35.5. The van der Waals surface area contributed by atoms with E-state index in [9.17, 15) is 33.2 Å². The summed E-state index contributed by atoms with van der Waals surface area (Å²) in [6, 6.07) is 21.4. The Kier molecular flexibility index (Phi) is 22.1. The molecule has 4 N–H and O–H groups in total. The van der Waals surface area contributed by atoms with Crippen molar-refractivity contribution in [1.82, 2.24) is 40.2 Å². The van der Waals surface area contributed by atoms with Gasteiger partial charge in [-0.05, 0) is 66.4 Å². The molecule has 4 fully saturated rings. The normalized spacial score (nSPS) is 21.2. The number of thiazole rings is 2. The number of aryl methyl sites for hydroxylation is 2. The van der Waals surface area contributed by atoms with Crippen molar-refractivity contribution in [1.29, 1.82) is 0 Å². The average Bonchev–Trinajstić information content (AvgIpc) is 1.32. The van der Waals surface area contributed by atoms with E-state index in [2.05, 4.69) is 30.4 Å². The fraction of sp³-hybridized carbons (Fsp3) is 0.364. The lowest BCUT2D eigenvalue weighted by atomic mass is 9.94. The summed E-state index contributed by atoms with van der Waals surface area (Å²) in [5.74, 6) is -2.63. The number of ether oxygens (including phenoxy) is 4. The van der Waals surface area contributed by atoms with Crippen LogP contribution in [0.25, 0.3) is 0 Å². The van der Waals surface area contributed by atoms with Crippen LogP contribution in [0.1, 0.15) is 57.2 Å². The molecule has 4 aromatic carbocycles. The number of hydrogen-bond acceptors (Lipinski definition) is 20. The predicted octanol–water partition coefficient (Wildman–Crippen LogP) is 8.74. The number of piperazine rings is 2. The first kappa shape index (κ1) is 69.0. The molecule has 0 spiro atoms. The Hall–Kier alpha value is -8.38. The summed E-state index contributed by atoms with van der Waals surface area (Å²) in [6.07, 6.45) is 4.23. The third-order valence-electron chi connectivity index (χ3n) is 17.6. The van der Waals surface area contributed by atoms with Gasteiger partial charge in [-0.25, -0.2) is 33.5 Å². The minimum absolute atomic E-state index is 0.0303. The van der Waals surface area contributed by atoms with Crippen LogP contribution in [0.15, 0.2) is 141 Å².